The molecule has 118 valence electrons. The molecule has 8 heteroatoms. The molecular weight excluding hydrogens is 306 g/mol. The third kappa shape index (κ3) is 3.18. The minimum atomic E-state index is -2.82. The average Bonchev–Trinajstić information content (AvgIpc) is 3.27. The molecule has 1 aromatic heterocycles. The zero-order chi connectivity index (χ0) is 16.4. The number of nitrogens with zero attached hydrogens (tertiary/aromatic N) is 4. The van der Waals surface area contributed by atoms with Gasteiger partial charge in [-0.1, -0.05) is 17.3 Å². The normalized spacial score (nSPS) is 13.8. The molecule has 0 bridgehead atoms. The maximum Gasteiger partial charge on any atom is 0.315 e. The Morgan fingerprint density at radius 1 is 1.39 bits per heavy atom. The fourth-order valence-electron chi connectivity index (χ4n) is 2.20. The van der Waals surface area contributed by atoms with E-state index in [4.69, 9.17) is 5.26 Å². The number of carbonyl (C=O) groups excluding carboxylic acids is 1. The zero-order valence-electron chi connectivity index (χ0n) is 11.9. The summed E-state index contributed by atoms with van der Waals surface area (Å²) in [4.78, 5) is 17.5. The summed E-state index contributed by atoms with van der Waals surface area (Å²) in [5.41, 5.74) is 0.893. The predicted octanol–water partition coefficient (Wildman–Crippen LogP) is 2.80. The summed E-state index contributed by atoms with van der Waals surface area (Å²) in [5, 5.41) is 12.3. The monoisotopic (exact) mass is 318 g/mol. The first-order valence-electron chi connectivity index (χ1n) is 7.00. The first-order chi connectivity index (χ1) is 11.1. The van der Waals surface area contributed by atoms with Crippen molar-refractivity contribution >= 4 is 5.91 Å². The van der Waals surface area contributed by atoms with Gasteiger partial charge >= 0.3 is 6.43 Å². The van der Waals surface area contributed by atoms with Crippen LogP contribution in [0.3, 0.4) is 0 Å². The van der Waals surface area contributed by atoms with Crippen LogP contribution in [0.1, 0.15) is 35.5 Å². The number of amides is 1. The van der Waals surface area contributed by atoms with Crippen molar-refractivity contribution in [2.75, 3.05) is 6.54 Å². The lowest BCUT2D eigenvalue weighted by Gasteiger charge is -2.18. The molecule has 0 aliphatic heterocycles. The topological polar surface area (TPSA) is 83.0 Å². The van der Waals surface area contributed by atoms with E-state index in [2.05, 4.69) is 14.7 Å². The molecule has 1 fully saturated rings. The van der Waals surface area contributed by atoms with Gasteiger partial charge in [0, 0.05) is 17.2 Å². The van der Waals surface area contributed by atoms with E-state index in [1.807, 2.05) is 6.07 Å². The van der Waals surface area contributed by atoms with E-state index >= 15 is 0 Å². The van der Waals surface area contributed by atoms with Gasteiger partial charge in [-0.25, -0.2) is 0 Å². The minimum absolute atomic E-state index is 0.0374. The van der Waals surface area contributed by atoms with Gasteiger partial charge in [-0.2, -0.15) is 19.0 Å². The Balaban J connectivity index is 1.78. The maximum atomic E-state index is 12.4. The Hall–Kier alpha value is -2.82. The quantitative estimate of drug-likeness (QED) is 0.792. The Labute approximate surface area is 130 Å². The van der Waals surface area contributed by atoms with Gasteiger partial charge in [-0.3, -0.25) is 4.79 Å². The molecule has 0 spiro atoms. The molecule has 2 aromatic rings. The fraction of sp³-hybridized carbons (Fsp3) is 0.333. The highest BCUT2D eigenvalue weighted by atomic mass is 19.3. The van der Waals surface area contributed by atoms with Crippen molar-refractivity contribution in [3.8, 4) is 17.5 Å². The first-order valence-corrected chi connectivity index (χ1v) is 7.00. The molecule has 3 rings (SSSR count). The first kappa shape index (κ1) is 15.1. The van der Waals surface area contributed by atoms with Gasteiger partial charge in [-0.05, 0) is 25.0 Å². The SMILES string of the molecule is N#CCN(C(=O)c1ccc(-c2noc(C(F)F)n2)cc1)C1CC1. The number of rotatable bonds is 5. The summed E-state index contributed by atoms with van der Waals surface area (Å²) in [6, 6.07) is 8.36. The molecule has 1 amide bonds. The number of halogens is 2. The minimum Gasteiger partial charge on any atom is -0.333 e. The van der Waals surface area contributed by atoms with Gasteiger partial charge in [0.15, 0.2) is 0 Å². The molecule has 1 aliphatic carbocycles. The molecule has 23 heavy (non-hydrogen) atoms. The van der Waals surface area contributed by atoms with Crippen LogP contribution < -0.4 is 0 Å². The van der Waals surface area contributed by atoms with Crippen LogP contribution in [0, 0.1) is 11.3 Å². The van der Waals surface area contributed by atoms with Gasteiger partial charge in [0.1, 0.15) is 6.54 Å². The molecule has 0 saturated heterocycles. The lowest BCUT2D eigenvalue weighted by Crippen LogP contribution is -2.33. The number of alkyl halides is 2. The van der Waals surface area contributed by atoms with Crippen LogP contribution in [-0.4, -0.2) is 33.5 Å². The van der Waals surface area contributed by atoms with Crippen LogP contribution in [0.4, 0.5) is 8.78 Å². The smallest absolute Gasteiger partial charge is 0.315 e. The number of nitriles is 1. The zero-order valence-corrected chi connectivity index (χ0v) is 11.9. The second-order valence-electron chi connectivity index (χ2n) is 5.16. The number of aromatic nitrogens is 2. The molecule has 0 unspecified atom stereocenters. The largest absolute Gasteiger partial charge is 0.333 e. The summed E-state index contributed by atoms with van der Waals surface area (Å²) in [6.45, 7) is 0.0494. The van der Waals surface area contributed by atoms with Gasteiger partial charge in [-0.15, -0.1) is 0 Å². The Morgan fingerprint density at radius 2 is 2.09 bits per heavy atom. The van der Waals surface area contributed by atoms with E-state index in [0.29, 0.717) is 11.1 Å². The van der Waals surface area contributed by atoms with Gasteiger partial charge in [0.2, 0.25) is 5.82 Å². The van der Waals surface area contributed by atoms with E-state index in [0.717, 1.165) is 12.8 Å². The van der Waals surface area contributed by atoms with Crippen molar-refractivity contribution < 1.29 is 18.1 Å². The van der Waals surface area contributed by atoms with Crippen molar-refractivity contribution in [3.63, 3.8) is 0 Å². The molecular formula is C15H12F2N4O2. The van der Waals surface area contributed by atoms with E-state index in [9.17, 15) is 13.6 Å². The van der Waals surface area contributed by atoms with Crippen molar-refractivity contribution in [1.82, 2.24) is 15.0 Å². The molecule has 0 radical (unpaired) electrons. The second kappa shape index (κ2) is 6.12. The second-order valence-corrected chi connectivity index (χ2v) is 5.16. The summed E-state index contributed by atoms with van der Waals surface area (Å²) in [7, 11) is 0. The molecule has 1 aliphatic rings. The van der Waals surface area contributed by atoms with E-state index in [1.165, 1.54) is 4.90 Å². The highest BCUT2D eigenvalue weighted by Gasteiger charge is 2.32. The van der Waals surface area contributed by atoms with Crippen LogP contribution in [0.5, 0.6) is 0 Å². The van der Waals surface area contributed by atoms with Crippen LogP contribution >= 0.6 is 0 Å². The molecule has 1 aromatic carbocycles. The van der Waals surface area contributed by atoms with E-state index in [1.54, 1.807) is 24.3 Å². The number of benzene rings is 1. The predicted molar refractivity (Wildman–Crippen MR) is 74.4 cm³/mol. The number of hydrogen-bond acceptors (Lipinski definition) is 5. The fourth-order valence-corrected chi connectivity index (χ4v) is 2.20. The summed E-state index contributed by atoms with van der Waals surface area (Å²) in [5.74, 6) is -0.925. The van der Waals surface area contributed by atoms with Gasteiger partial charge < -0.3 is 9.42 Å². The van der Waals surface area contributed by atoms with E-state index < -0.39 is 12.3 Å². The lowest BCUT2D eigenvalue weighted by atomic mass is 10.1. The Kier molecular flexibility index (Phi) is 4.02. The molecule has 1 saturated carbocycles. The van der Waals surface area contributed by atoms with Crippen molar-refractivity contribution in [1.29, 1.82) is 5.26 Å². The standard InChI is InChI=1S/C15H12F2N4O2/c16-12(17)14-19-13(20-23-14)9-1-3-10(4-2-9)15(22)21(8-7-18)11-5-6-11/h1-4,11-12H,5-6,8H2. The summed E-state index contributed by atoms with van der Waals surface area (Å²) < 4.78 is 29.3. The van der Waals surface area contributed by atoms with Crippen LogP contribution in [-0.2, 0) is 0 Å². The average molecular weight is 318 g/mol. The third-order valence-electron chi connectivity index (χ3n) is 3.51. The van der Waals surface area contributed by atoms with Crippen molar-refractivity contribution in [3.05, 3.63) is 35.7 Å². The van der Waals surface area contributed by atoms with Crippen LogP contribution in [0.2, 0.25) is 0 Å². The van der Waals surface area contributed by atoms with Crippen LogP contribution in [0.15, 0.2) is 28.8 Å². The molecule has 6 nitrogen and oxygen atoms in total. The highest BCUT2D eigenvalue weighted by molar-refractivity contribution is 5.95. The third-order valence-corrected chi connectivity index (χ3v) is 3.51. The highest BCUT2D eigenvalue weighted by Crippen LogP contribution is 2.28. The summed E-state index contributed by atoms with van der Waals surface area (Å²) >= 11 is 0. The lowest BCUT2D eigenvalue weighted by molar-refractivity contribution is 0.0765. The van der Waals surface area contributed by atoms with Crippen LogP contribution in [0.25, 0.3) is 11.4 Å². The van der Waals surface area contributed by atoms with Crippen molar-refractivity contribution in [2.24, 2.45) is 0 Å². The van der Waals surface area contributed by atoms with Gasteiger partial charge in [0.05, 0.1) is 6.07 Å². The van der Waals surface area contributed by atoms with E-state index in [-0.39, 0.29) is 24.3 Å². The Bertz CT molecular complexity index is 748. The molecule has 1 heterocycles. The summed E-state index contributed by atoms with van der Waals surface area (Å²) in [6.07, 6.45) is -1.01. The van der Waals surface area contributed by atoms with Crippen molar-refractivity contribution in [2.45, 2.75) is 25.3 Å². The number of hydrogen-bond donors (Lipinski definition) is 0. The Morgan fingerprint density at radius 3 is 2.61 bits per heavy atom. The maximum absolute atomic E-state index is 12.4. The molecule has 0 N–H and O–H groups in total. The number of carbonyl (C=O) groups is 1. The van der Waals surface area contributed by atoms with Gasteiger partial charge in [0.25, 0.3) is 11.8 Å². The molecule has 0 atom stereocenters.